The first-order chi connectivity index (χ1) is 9.67. The minimum absolute atomic E-state index is 0.133. The van der Waals surface area contributed by atoms with E-state index in [9.17, 15) is 4.79 Å². The Kier molecular flexibility index (Phi) is 3.80. The smallest absolute Gasteiger partial charge is 0.291 e. The molecule has 0 saturated heterocycles. The van der Waals surface area contributed by atoms with E-state index in [-0.39, 0.29) is 23.4 Å². The molecule has 1 aromatic heterocycles. The Labute approximate surface area is 115 Å². The molecule has 0 bridgehead atoms. The molecule has 2 aromatic rings. The molecule has 0 aliphatic carbocycles. The van der Waals surface area contributed by atoms with Crippen molar-refractivity contribution in [3.05, 3.63) is 53.0 Å². The lowest BCUT2D eigenvalue weighted by atomic mass is 10.1. The highest BCUT2D eigenvalue weighted by Crippen LogP contribution is 2.16. The van der Waals surface area contributed by atoms with Crippen LogP contribution in [0.2, 0.25) is 0 Å². The Bertz CT molecular complexity index is 734. The van der Waals surface area contributed by atoms with Gasteiger partial charge in [-0.15, -0.1) is 0 Å². The molecule has 6 nitrogen and oxygen atoms in total. The van der Waals surface area contributed by atoms with Gasteiger partial charge in [-0.05, 0) is 30.3 Å². The highest BCUT2D eigenvalue weighted by atomic mass is 16.4. The predicted molar refractivity (Wildman–Crippen MR) is 70.4 cm³/mol. The maximum atomic E-state index is 11.9. The molecule has 0 unspecified atom stereocenters. The van der Waals surface area contributed by atoms with Crippen LogP contribution in [-0.4, -0.2) is 5.91 Å². The third-order valence-corrected chi connectivity index (χ3v) is 2.60. The van der Waals surface area contributed by atoms with Crippen molar-refractivity contribution in [2.45, 2.75) is 6.54 Å². The first kappa shape index (κ1) is 13.3. The largest absolute Gasteiger partial charge is 0.455 e. The number of nitrogens with one attached hydrogen (secondary N) is 1. The second-order valence-electron chi connectivity index (χ2n) is 3.91. The number of benzene rings is 1. The van der Waals surface area contributed by atoms with Crippen LogP contribution in [0, 0.1) is 22.7 Å². The predicted octanol–water partition coefficient (Wildman–Crippen LogP) is 1.73. The third kappa shape index (κ3) is 2.66. The van der Waals surface area contributed by atoms with Gasteiger partial charge in [0.05, 0.1) is 17.7 Å². The van der Waals surface area contributed by atoms with Crippen molar-refractivity contribution in [2.75, 3.05) is 5.32 Å². The zero-order chi connectivity index (χ0) is 14.5. The van der Waals surface area contributed by atoms with Crippen LogP contribution in [-0.2, 0) is 6.54 Å². The van der Waals surface area contributed by atoms with Gasteiger partial charge in [0.1, 0.15) is 17.9 Å². The molecular formula is C14H10N4O2. The summed E-state index contributed by atoms with van der Waals surface area (Å²) in [5, 5.41) is 20.3. The van der Waals surface area contributed by atoms with Gasteiger partial charge in [0.25, 0.3) is 5.91 Å². The molecule has 0 saturated carbocycles. The Balaban J connectivity index is 2.20. The van der Waals surface area contributed by atoms with Gasteiger partial charge in [-0.1, -0.05) is 0 Å². The van der Waals surface area contributed by atoms with Crippen molar-refractivity contribution in [3.8, 4) is 12.1 Å². The summed E-state index contributed by atoms with van der Waals surface area (Å²) in [5.74, 6) is 0.194. The quantitative estimate of drug-likeness (QED) is 0.877. The van der Waals surface area contributed by atoms with Gasteiger partial charge in [-0.25, -0.2) is 0 Å². The fourth-order valence-corrected chi connectivity index (χ4v) is 1.61. The summed E-state index contributed by atoms with van der Waals surface area (Å²) in [4.78, 5) is 11.9. The zero-order valence-electron chi connectivity index (χ0n) is 10.4. The highest BCUT2D eigenvalue weighted by molar-refractivity contribution is 6.02. The first-order valence-corrected chi connectivity index (χ1v) is 5.72. The van der Waals surface area contributed by atoms with Crippen LogP contribution in [0.4, 0.5) is 5.69 Å². The van der Waals surface area contributed by atoms with Crippen molar-refractivity contribution in [1.29, 1.82) is 10.5 Å². The second kappa shape index (κ2) is 5.70. The van der Waals surface area contributed by atoms with E-state index >= 15 is 0 Å². The summed E-state index contributed by atoms with van der Waals surface area (Å²) >= 11 is 0. The highest BCUT2D eigenvalue weighted by Gasteiger charge is 2.12. The van der Waals surface area contributed by atoms with Gasteiger partial charge in [-0.2, -0.15) is 10.5 Å². The Morgan fingerprint density at radius 3 is 2.55 bits per heavy atom. The van der Waals surface area contributed by atoms with Crippen LogP contribution in [0.5, 0.6) is 0 Å². The van der Waals surface area contributed by atoms with Crippen LogP contribution in [0.25, 0.3) is 0 Å². The number of anilines is 1. The van der Waals surface area contributed by atoms with E-state index in [1.165, 1.54) is 18.2 Å². The monoisotopic (exact) mass is 266 g/mol. The van der Waals surface area contributed by atoms with Gasteiger partial charge in [0.2, 0.25) is 0 Å². The summed E-state index contributed by atoms with van der Waals surface area (Å²) in [6.45, 7) is 0.211. The molecule has 2 rings (SSSR count). The summed E-state index contributed by atoms with van der Waals surface area (Å²) in [6, 6.07) is 11.4. The number of nitrogens with two attached hydrogens (primary N) is 1. The van der Waals surface area contributed by atoms with Gasteiger partial charge in [0.15, 0.2) is 5.76 Å². The van der Waals surface area contributed by atoms with Crippen molar-refractivity contribution in [3.63, 3.8) is 0 Å². The van der Waals surface area contributed by atoms with Crippen molar-refractivity contribution < 1.29 is 9.21 Å². The molecule has 3 N–H and O–H groups in total. The molecule has 0 spiro atoms. The van der Waals surface area contributed by atoms with Gasteiger partial charge < -0.3 is 15.5 Å². The Morgan fingerprint density at radius 1 is 1.20 bits per heavy atom. The summed E-state index contributed by atoms with van der Waals surface area (Å²) < 4.78 is 5.21. The molecule has 0 aliphatic heterocycles. The van der Waals surface area contributed by atoms with Crippen LogP contribution in [0.15, 0.2) is 34.7 Å². The maximum Gasteiger partial charge on any atom is 0.291 e. The van der Waals surface area contributed by atoms with Gasteiger partial charge in [-0.3, -0.25) is 4.79 Å². The number of nitriles is 2. The molecule has 1 aromatic carbocycles. The zero-order valence-corrected chi connectivity index (χ0v) is 10.4. The van der Waals surface area contributed by atoms with Crippen molar-refractivity contribution in [2.24, 2.45) is 5.73 Å². The maximum absolute atomic E-state index is 11.9. The topological polar surface area (TPSA) is 116 Å². The number of rotatable bonds is 3. The number of carbonyl (C=O) groups excluding carboxylic acids is 1. The SMILES string of the molecule is N#Cc1ccc(NC(=O)c2ccc(CN)o2)cc1C#N. The lowest BCUT2D eigenvalue weighted by Gasteiger charge is -2.04. The fraction of sp³-hybridized carbons (Fsp3) is 0.0714. The average molecular weight is 266 g/mol. The molecule has 0 atom stereocenters. The Hall–Kier alpha value is -3.09. The average Bonchev–Trinajstić information content (AvgIpc) is 2.96. The summed E-state index contributed by atoms with van der Waals surface area (Å²) in [5.41, 5.74) is 6.27. The van der Waals surface area contributed by atoms with Gasteiger partial charge in [0, 0.05) is 5.69 Å². The number of hydrogen-bond donors (Lipinski definition) is 2. The van der Waals surface area contributed by atoms with E-state index in [1.807, 2.05) is 12.1 Å². The van der Waals surface area contributed by atoms with Crippen molar-refractivity contribution in [1.82, 2.24) is 0 Å². The van der Waals surface area contributed by atoms with E-state index in [0.717, 1.165) is 0 Å². The molecule has 0 radical (unpaired) electrons. The van der Waals surface area contributed by atoms with Crippen LogP contribution in [0.3, 0.4) is 0 Å². The first-order valence-electron chi connectivity index (χ1n) is 5.72. The molecular weight excluding hydrogens is 256 g/mol. The molecule has 1 heterocycles. The van der Waals surface area contributed by atoms with E-state index in [4.69, 9.17) is 20.7 Å². The third-order valence-electron chi connectivity index (χ3n) is 2.60. The number of furan rings is 1. The van der Waals surface area contributed by atoms with Crippen LogP contribution >= 0.6 is 0 Å². The molecule has 20 heavy (non-hydrogen) atoms. The van der Waals surface area contributed by atoms with E-state index in [2.05, 4.69) is 5.32 Å². The van der Waals surface area contributed by atoms with Crippen molar-refractivity contribution >= 4 is 11.6 Å². The van der Waals surface area contributed by atoms with Gasteiger partial charge >= 0.3 is 0 Å². The number of hydrogen-bond acceptors (Lipinski definition) is 5. The van der Waals surface area contributed by atoms with E-state index in [1.54, 1.807) is 12.1 Å². The Morgan fingerprint density at radius 2 is 1.95 bits per heavy atom. The van der Waals surface area contributed by atoms with Crippen LogP contribution in [0.1, 0.15) is 27.4 Å². The molecule has 0 fully saturated rings. The summed E-state index contributed by atoms with van der Waals surface area (Å²) in [6.07, 6.45) is 0. The standard InChI is InChI=1S/C14H10N4O2/c15-6-9-1-2-11(5-10(9)7-16)18-14(19)13-4-3-12(8-17)20-13/h1-5H,8,17H2,(H,18,19). The number of amides is 1. The van der Waals surface area contributed by atoms with Crippen LogP contribution < -0.4 is 11.1 Å². The fourth-order valence-electron chi connectivity index (χ4n) is 1.61. The molecule has 1 amide bonds. The molecule has 98 valence electrons. The van der Waals surface area contributed by atoms with E-state index in [0.29, 0.717) is 11.4 Å². The lowest BCUT2D eigenvalue weighted by Crippen LogP contribution is -2.11. The normalized spacial score (nSPS) is 9.55. The van der Waals surface area contributed by atoms with E-state index < -0.39 is 5.91 Å². The molecule has 0 aliphatic rings. The number of nitrogens with zero attached hydrogens (tertiary/aromatic N) is 2. The lowest BCUT2D eigenvalue weighted by molar-refractivity contribution is 0.0995. The minimum Gasteiger partial charge on any atom is -0.455 e. The molecule has 6 heteroatoms. The second-order valence-corrected chi connectivity index (χ2v) is 3.91. The number of carbonyl (C=O) groups is 1. The minimum atomic E-state index is -0.446. The summed E-state index contributed by atoms with van der Waals surface area (Å²) in [7, 11) is 0.